The third-order valence-electron chi connectivity index (χ3n) is 4.76. The standard InChI is InChI=1S/C21H34N4O4/c1-15(2)18(26)22-10-11-23-19(27)17-7-6-12-25(17)16-8-13-24(14-9-16)20(28)29-21(3,4)5/h6-7,12,15-16H,8-11,13-14H2,1-5H3,(H,22,26)(H,23,27). The summed E-state index contributed by atoms with van der Waals surface area (Å²) in [6.07, 6.45) is 3.14. The molecule has 8 nitrogen and oxygen atoms in total. The molecule has 0 bridgehead atoms. The van der Waals surface area contributed by atoms with Gasteiger partial charge in [0.2, 0.25) is 5.91 Å². The van der Waals surface area contributed by atoms with Crippen LogP contribution in [0.15, 0.2) is 18.3 Å². The van der Waals surface area contributed by atoms with Crippen LogP contribution in [0.3, 0.4) is 0 Å². The molecular weight excluding hydrogens is 372 g/mol. The highest BCUT2D eigenvalue weighted by atomic mass is 16.6. The Balaban J connectivity index is 1.85. The number of hydrogen-bond donors (Lipinski definition) is 2. The van der Waals surface area contributed by atoms with Gasteiger partial charge >= 0.3 is 6.09 Å². The average Bonchev–Trinajstić information content (AvgIpc) is 3.13. The van der Waals surface area contributed by atoms with Crippen molar-refractivity contribution in [1.82, 2.24) is 20.1 Å². The number of nitrogens with zero attached hydrogens (tertiary/aromatic N) is 2. The van der Waals surface area contributed by atoms with Crippen molar-refractivity contribution in [2.75, 3.05) is 26.2 Å². The number of hydrogen-bond acceptors (Lipinski definition) is 4. The molecule has 162 valence electrons. The average molecular weight is 407 g/mol. The minimum Gasteiger partial charge on any atom is -0.444 e. The maximum absolute atomic E-state index is 12.5. The van der Waals surface area contributed by atoms with Crippen LogP contribution in [0.25, 0.3) is 0 Å². The molecule has 0 saturated carbocycles. The van der Waals surface area contributed by atoms with Gasteiger partial charge in [-0.1, -0.05) is 13.8 Å². The van der Waals surface area contributed by atoms with E-state index in [1.807, 2.05) is 51.4 Å². The van der Waals surface area contributed by atoms with Crippen LogP contribution in [0.2, 0.25) is 0 Å². The van der Waals surface area contributed by atoms with E-state index in [4.69, 9.17) is 4.74 Å². The summed E-state index contributed by atoms with van der Waals surface area (Å²) in [5.41, 5.74) is 0.0877. The summed E-state index contributed by atoms with van der Waals surface area (Å²) in [4.78, 5) is 38.1. The lowest BCUT2D eigenvalue weighted by atomic mass is 10.0. The van der Waals surface area contributed by atoms with E-state index in [1.165, 1.54) is 0 Å². The van der Waals surface area contributed by atoms with E-state index in [2.05, 4.69) is 10.6 Å². The molecule has 1 saturated heterocycles. The monoisotopic (exact) mass is 406 g/mol. The predicted molar refractivity (Wildman–Crippen MR) is 111 cm³/mol. The number of rotatable bonds is 6. The minimum atomic E-state index is -0.506. The molecule has 0 radical (unpaired) electrons. The highest BCUT2D eigenvalue weighted by molar-refractivity contribution is 5.92. The van der Waals surface area contributed by atoms with Gasteiger partial charge in [0.1, 0.15) is 11.3 Å². The van der Waals surface area contributed by atoms with Gasteiger partial charge in [-0.3, -0.25) is 9.59 Å². The molecule has 2 rings (SSSR count). The molecule has 8 heteroatoms. The van der Waals surface area contributed by atoms with E-state index in [9.17, 15) is 14.4 Å². The van der Waals surface area contributed by atoms with Gasteiger partial charge in [-0.2, -0.15) is 0 Å². The Morgan fingerprint density at radius 1 is 1.14 bits per heavy atom. The van der Waals surface area contributed by atoms with Crippen LogP contribution in [0.1, 0.15) is 64.0 Å². The van der Waals surface area contributed by atoms with Crippen molar-refractivity contribution in [2.45, 2.75) is 59.1 Å². The quantitative estimate of drug-likeness (QED) is 0.710. The maximum atomic E-state index is 12.5. The topological polar surface area (TPSA) is 92.7 Å². The van der Waals surface area contributed by atoms with E-state index in [-0.39, 0.29) is 29.9 Å². The lowest BCUT2D eigenvalue weighted by molar-refractivity contribution is -0.123. The summed E-state index contributed by atoms with van der Waals surface area (Å²) in [5, 5.41) is 5.64. The summed E-state index contributed by atoms with van der Waals surface area (Å²) in [6, 6.07) is 3.81. The maximum Gasteiger partial charge on any atom is 0.410 e. The second kappa shape index (κ2) is 9.80. The molecule has 0 unspecified atom stereocenters. The lowest BCUT2D eigenvalue weighted by Gasteiger charge is -2.34. The van der Waals surface area contributed by atoms with Crippen LogP contribution >= 0.6 is 0 Å². The fourth-order valence-electron chi connectivity index (χ4n) is 3.21. The van der Waals surface area contributed by atoms with Gasteiger partial charge in [-0.15, -0.1) is 0 Å². The molecule has 1 aliphatic rings. The molecule has 1 fully saturated rings. The number of ether oxygens (including phenoxy) is 1. The zero-order chi connectivity index (χ0) is 21.6. The normalized spacial score (nSPS) is 15.3. The molecule has 1 aromatic heterocycles. The molecule has 1 aromatic rings. The molecule has 2 heterocycles. The van der Waals surface area contributed by atoms with Gasteiger partial charge in [-0.05, 0) is 45.7 Å². The first-order valence-electron chi connectivity index (χ1n) is 10.3. The summed E-state index contributed by atoms with van der Waals surface area (Å²) in [6.45, 7) is 11.2. The van der Waals surface area contributed by atoms with Gasteiger partial charge in [0.15, 0.2) is 0 Å². The summed E-state index contributed by atoms with van der Waals surface area (Å²) in [7, 11) is 0. The van der Waals surface area contributed by atoms with Crippen LogP contribution in [0.5, 0.6) is 0 Å². The number of likely N-dealkylation sites (tertiary alicyclic amines) is 1. The zero-order valence-electron chi connectivity index (χ0n) is 18.2. The molecule has 3 amide bonds. The Hall–Kier alpha value is -2.51. The first-order valence-corrected chi connectivity index (χ1v) is 10.3. The fraction of sp³-hybridized carbons (Fsp3) is 0.667. The van der Waals surface area contributed by atoms with E-state index >= 15 is 0 Å². The van der Waals surface area contributed by atoms with Crippen LogP contribution in [-0.4, -0.2) is 59.2 Å². The Bertz CT molecular complexity index is 713. The Labute approximate surface area is 173 Å². The van der Waals surface area contributed by atoms with Crippen LogP contribution in [-0.2, 0) is 9.53 Å². The number of carbonyl (C=O) groups is 3. The summed E-state index contributed by atoms with van der Waals surface area (Å²) in [5.74, 6) is -0.266. The third kappa shape index (κ3) is 6.80. The predicted octanol–water partition coefficient (Wildman–Crippen LogP) is 2.56. The van der Waals surface area contributed by atoms with Crippen molar-refractivity contribution >= 4 is 17.9 Å². The van der Waals surface area contributed by atoms with Crippen molar-refractivity contribution in [3.63, 3.8) is 0 Å². The van der Waals surface area contributed by atoms with Gasteiger partial charge in [-0.25, -0.2) is 4.79 Å². The zero-order valence-corrected chi connectivity index (χ0v) is 18.2. The van der Waals surface area contributed by atoms with E-state index in [0.29, 0.717) is 31.9 Å². The first-order chi connectivity index (χ1) is 13.6. The molecule has 0 aliphatic carbocycles. The molecule has 0 aromatic carbocycles. The second-order valence-electron chi connectivity index (χ2n) is 8.70. The summed E-state index contributed by atoms with van der Waals surface area (Å²) >= 11 is 0. The molecule has 1 aliphatic heterocycles. The van der Waals surface area contributed by atoms with Gasteiger partial charge in [0.05, 0.1) is 0 Å². The highest BCUT2D eigenvalue weighted by Gasteiger charge is 2.28. The van der Waals surface area contributed by atoms with Crippen molar-refractivity contribution in [1.29, 1.82) is 0 Å². The van der Waals surface area contributed by atoms with E-state index < -0.39 is 5.60 Å². The molecule has 0 spiro atoms. The summed E-state index contributed by atoms with van der Waals surface area (Å²) < 4.78 is 7.42. The molecule has 2 N–H and O–H groups in total. The lowest BCUT2D eigenvalue weighted by Crippen LogP contribution is -2.42. The largest absolute Gasteiger partial charge is 0.444 e. The van der Waals surface area contributed by atoms with Gasteiger partial charge in [0.25, 0.3) is 5.91 Å². The van der Waals surface area contributed by atoms with E-state index in [1.54, 1.807) is 11.0 Å². The van der Waals surface area contributed by atoms with Crippen molar-refractivity contribution in [2.24, 2.45) is 5.92 Å². The van der Waals surface area contributed by atoms with Gasteiger partial charge in [0, 0.05) is 44.3 Å². The minimum absolute atomic E-state index is 0.0284. The second-order valence-corrected chi connectivity index (χ2v) is 8.70. The van der Waals surface area contributed by atoms with E-state index in [0.717, 1.165) is 12.8 Å². The van der Waals surface area contributed by atoms with Crippen LogP contribution < -0.4 is 10.6 Å². The SMILES string of the molecule is CC(C)C(=O)NCCNC(=O)c1cccn1C1CCN(C(=O)OC(C)(C)C)CC1. The van der Waals surface area contributed by atoms with Gasteiger partial charge < -0.3 is 24.8 Å². The van der Waals surface area contributed by atoms with Crippen molar-refractivity contribution in [3.05, 3.63) is 24.0 Å². The Morgan fingerprint density at radius 2 is 1.76 bits per heavy atom. The Morgan fingerprint density at radius 3 is 2.34 bits per heavy atom. The third-order valence-corrected chi connectivity index (χ3v) is 4.76. The number of nitrogens with one attached hydrogen (secondary N) is 2. The number of piperidine rings is 1. The molecule has 0 atom stereocenters. The van der Waals surface area contributed by atoms with Crippen LogP contribution in [0.4, 0.5) is 4.79 Å². The van der Waals surface area contributed by atoms with Crippen molar-refractivity contribution < 1.29 is 19.1 Å². The number of carbonyl (C=O) groups excluding carboxylic acids is 3. The number of aromatic nitrogens is 1. The van der Waals surface area contributed by atoms with Crippen LogP contribution in [0, 0.1) is 5.92 Å². The molecule has 29 heavy (non-hydrogen) atoms. The fourth-order valence-corrected chi connectivity index (χ4v) is 3.21. The number of amides is 3. The smallest absolute Gasteiger partial charge is 0.410 e. The Kier molecular flexibility index (Phi) is 7.70. The highest BCUT2D eigenvalue weighted by Crippen LogP contribution is 2.25. The molecular formula is C21H34N4O4. The first kappa shape index (κ1) is 22.8. The van der Waals surface area contributed by atoms with Crippen molar-refractivity contribution in [3.8, 4) is 0 Å².